The van der Waals surface area contributed by atoms with Crippen LogP contribution in [0.3, 0.4) is 0 Å². The third-order valence-electron chi connectivity index (χ3n) is 4.73. The molecule has 3 amide bonds. The predicted octanol–water partition coefficient (Wildman–Crippen LogP) is 6.99. The lowest BCUT2D eigenvalue weighted by Gasteiger charge is -2.16. The van der Waals surface area contributed by atoms with Gasteiger partial charge in [-0.15, -0.1) is 0 Å². The van der Waals surface area contributed by atoms with E-state index >= 15 is 0 Å². The van der Waals surface area contributed by atoms with Gasteiger partial charge in [-0.2, -0.15) is 0 Å². The van der Waals surface area contributed by atoms with Crippen molar-refractivity contribution < 1.29 is 14.4 Å². The van der Waals surface area contributed by atoms with Crippen molar-refractivity contribution in [2.45, 2.75) is 0 Å². The van der Waals surface area contributed by atoms with Crippen LogP contribution in [-0.2, 0) is 9.59 Å². The molecule has 6 nitrogen and oxygen atoms in total. The number of rotatable bonds is 5. The van der Waals surface area contributed by atoms with Crippen molar-refractivity contribution in [1.82, 2.24) is 0 Å². The molecule has 0 unspecified atom stereocenters. The molecule has 172 valence electrons. The highest BCUT2D eigenvalue weighted by atomic mass is 35.5. The molecule has 0 fully saturated rings. The summed E-state index contributed by atoms with van der Waals surface area (Å²) < 4.78 is 0. The van der Waals surface area contributed by atoms with Gasteiger partial charge in [0.25, 0.3) is 17.7 Å². The Kier molecular flexibility index (Phi) is 7.07. The number of nitrogens with zero attached hydrogens (tertiary/aromatic N) is 1. The molecule has 0 bridgehead atoms. The van der Waals surface area contributed by atoms with Crippen molar-refractivity contribution in [1.29, 1.82) is 0 Å². The number of amides is 3. The van der Waals surface area contributed by atoms with E-state index in [1.165, 1.54) is 24.3 Å². The van der Waals surface area contributed by atoms with Crippen LogP contribution < -0.4 is 15.5 Å². The predicted molar refractivity (Wildman–Crippen MR) is 136 cm³/mol. The monoisotopic (exact) mass is 553 g/mol. The zero-order valence-electron chi connectivity index (χ0n) is 16.8. The normalized spacial score (nSPS) is 13.5. The van der Waals surface area contributed by atoms with Crippen LogP contribution in [-0.4, -0.2) is 17.7 Å². The van der Waals surface area contributed by atoms with E-state index < -0.39 is 11.8 Å². The first-order valence-corrected chi connectivity index (χ1v) is 11.4. The van der Waals surface area contributed by atoms with Crippen LogP contribution in [0.15, 0.2) is 71.4 Å². The Labute approximate surface area is 219 Å². The topological polar surface area (TPSA) is 78.5 Å². The highest BCUT2D eigenvalue weighted by Crippen LogP contribution is 2.33. The number of carbonyl (C=O) groups excluding carboxylic acids is 3. The van der Waals surface area contributed by atoms with Crippen LogP contribution in [0, 0.1) is 0 Å². The molecular formula is C23H12Cl5N3O3. The van der Waals surface area contributed by atoms with Crippen molar-refractivity contribution >= 4 is 92.8 Å². The third kappa shape index (κ3) is 5.02. The van der Waals surface area contributed by atoms with Crippen LogP contribution in [0.25, 0.3) is 0 Å². The van der Waals surface area contributed by atoms with Crippen LogP contribution in [0.4, 0.5) is 17.1 Å². The van der Waals surface area contributed by atoms with Gasteiger partial charge < -0.3 is 10.6 Å². The summed E-state index contributed by atoms with van der Waals surface area (Å²) in [6.07, 6.45) is 0. The van der Waals surface area contributed by atoms with Gasteiger partial charge in [0.15, 0.2) is 0 Å². The molecule has 3 aromatic carbocycles. The Morgan fingerprint density at radius 3 is 1.94 bits per heavy atom. The summed E-state index contributed by atoms with van der Waals surface area (Å²) >= 11 is 30.0. The molecule has 4 rings (SSSR count). The van der Waals surface area contributed by atoms with Crippen LogP contribution in [0.1, 0.15) is 10.4 Å². The Hall–Kier alpha value is -2.74. The Morgan fingerprint density at radius 2 is 1.32 bits per heavy atom. The van der Waals surface area contributed by atoms with Gasteiger partial charge in [-0.05, 0) is 60.7 Å². The van der Waals surface area contributed by atoms with Crippen molar-refractivity contribution in [3.63, 3.8) is 0 Å². The molecule has 0 radical (unpaired) electrons. The minimum absolute atomic E-state index is 0.115. The maximum atomic E-state index is 12.9. The van der Waals surface area contributed by atoms with E-state index in [0.29, 0.717) is 27.0 Å². The molecule has 1 heterocycles. The lowest BCUT2D eigenvalue weighted by atomic mass is 10.2. The molecule has 0 aromatic heterocycles. The SMILES string of the molecule is O=C(Nc1ccc(Cl)c(Cl)c1)c1ccc(NC2=C(Cl)C(=O)N(c3cc(Cl)cc(Cl)c3)C2=O)cc1. The second kappa shape index (κ2) is 9.86. The maximum absolute atomic E-state index is 12.9. The fourth-order valence-corrected chi connectivity index (χ4v) is 4.17. The quantitative estimate of drug-likeness (QED) is 0.333. The molecule has 0 saturated carbocycles. The molecule has 2 N–H and O–H groups in total. The zero-order valence-corrected chi connectivity index (χ0v) is 20.6. The number of anilines is 3. The molecule has 0 aliphatic carbocycles. The van der Waals surface area contributed by atoms with Crippen LogP contribution >= 0.6 is 58.0 Å². The summed E-state index contributed by atoms with van der Waals surface area (Å²) in [6, 6.07) is 15.3. The fourth-order valence-electron chi connectivity index (χ4n) is 3.14. The van der Waals surface area contributed by atoms with E-state index in [0.717, 1.165) is 4.90 Å². The molecule has 0 saturated heterocycles. The number of hydrogen-bond acceptors (Lipinski definition) is 4. The number of hydrogen-bond donors (Lipinski definition) is 2. The molecule has 0 atom stereocenters. The molecule has 1 aliphatic rings. The number of halogens is 5. The third-order valence-corrected chi connectivity index (χ3v) is 6.25. The van der Waals surface area contributed by atoms with Crippen molar-refractivity contribution in [3.05, 3.63) is 97.0 Å². The highest BCUT2D eigenvalue weighted by molar-refractivity contribution is 6.53. The average molecular weight is 556 g/mol. The number of carbonyl (C=O) groups is 3. The second-order valence-electron chi connectivity index (χ2n) is 7.05. The maximum Gasteiger partial charge on any atom is 0.283 e. The fraction of sp³-hybridized carbons (Fsp3) is 0. The molecule has 11 heteroatoms. The van der Waals surface area contributed by atoms with Gasteiger partial charge in [0.1, 0.15) is 10.7 Å². The standard InChI is InChI=1S/C23H12Cl5N3O3/c24-12-7-13(25)9-16(8-12)31-22(33)19(28)20(23(31)34)29-14-3-1-11(2-4-14)21(32)30-15-5-6-17(26)18(27)10-15/h1-10,29H,(H,30,32). The summed E-state index contributed by atoms with van der Waals surface area (Å²) in [4.78, 5) is 38.9. The first-order chi connectivity index (χ1) is 16.1. The first-order valence-electron chi connectivity index (χ1n) is 9.52. The second-order valence-corrected chi connectivity index (χ2v) is 9.11. The summed E-state index contributed by atoms with van der Waals surface area (Å²) in [5.74, 6) is -1.77. The van der Waals surface area contributed by atoms with Crippen molar-refractivity contribution in [2.24, 2.45) is 0 Å². The van der Waals surface area contributed by atoms with E-state index in [-0.39, 0.29) is 32.4 Å². The molecule has 3 aromatic rings. The molecular weight excluding hydrogens is 544 g/mol. The lowest BCUT2D eigenvalue weighted by molar-refractivity contribution is -0.120. The Morgan fingerprint density at radius 1 is 0.706 bits per heavy atom. The smallest absolute Gasteiger partial charge is 0.283 e. The van der Waals surface area contributed by atoms with Gasteiger partial charge >= 0.3 is 0 Å². The molecule has 0 spiro atoms. The number of imide groups is 1. The van der Waals surface area contributed by atoms with Gasteiger partial charge in [0.2, 0.25) is 0 Å². The molecule has 34 heavy (non-hydrogen) atoms. The highest BCUT2D eigenvalue weighted by Gasteiger charge is 2.39. The van der Waals surface area contributed by atoms with Gasteiger partial charge in [-0.1, -0.05) is 58.0 Å². The minimum atomic E-state index is -0.717. The summed E-state index contributed by atoms with van der Waals surface area (Å²) in [5.41, 5.74) is 1.34. The van der Waals surface area contributed by atoms with Gasteiger partial charge in [-0.25, -0.2) is 4.90 Å². The van der Waals surface area contributed by atoms with E-state index in [4.69, 9.17) is 58.0 Å². The van der Waals surface area contributed by atoms with Crippen LogP contribution in [0.2, 0.25) is 20.1 Å². The summed E-state index contributed by atoms with van der Waals surface area (Å²) in [7, 11) is 0. The average Bonchev–Trinajstić information content (AvgIpc) is 2.99. The summed E-state index contributed by atoms with van der Waals surface area (Å²) in [5, 5.41) is 6.47. The minimum Gasteiger partial charge on any atom is -0.350 e. The van der Waals surface area contributed by atoms with Crippen LogP contribution in [0.5, 0.6) is 0 Å². The van der Waals surface area contributed by atoms with E-state index in [2.05, 4.69) is 10.6 Å². The number of benzene rings is 3. The molecule has 1 aliphatic heterocycles. The Balaban J connectivity index is 1.49. The number of nitrogens with one attached hydrogen (secondary N) is 2. The van der Waals surface area contributed by atoms with E-state index in [1.807, 2.05) is 0 Å². The zero-order chi connectivity index (χ0) is 24.6. The van der Waals surface area contributed by atoms with Gasteiger partial charge in [0.05, 0.1) is 15.7 Å². The van der Waals surface area contributed by atoms with Gasteiger partial charge in [-0.3, -0.25) is 14.4 Å². The van der Waals surface area contributed by atoms with E-state index in [1.54, 1.807) is 36.4 Å². The summed E-state index contributed by atoms with van der Waals surface area (Å²) in [6.45, 7) is 0. The van der Waals surface area contributed by atoms with E-state index in [9.17, 15) is 14.4 Å². The Bertz CT molecular complexity index is 1350. The first kappa shape index (κ1) is 24.4. The largest absolute Gasteiger partial charge is 0.350 e. The van der Waals surface area contributed by atoms with Gasteiger partial charge in [0, 0.05) is 27.0 Å². The van der Waals surface area contributed by atoms with Crippen molar-refractivity contribution in [3.8, 4) is 0 Å². The lowest BCUT2D eigenvalue weighted by Crippen LogP contribution is -2.32. The van der Waals surface area contributed by atoms with Crippen molar-refractivity contribution in [2.75, 3.05) is 15.5 Å².